The molecule has 15 heavy (non-hydrogen) atoms. The highest BCUT2D eigenvalue weighted by Gasteiger charge is 2.24. The van der Waals surface area contributed by atoms with Gasteiger partial charge in [-0.15, -0.1) is 0 Å². The Bertz CT molecular complexity index is 183. The lowest BCUT2D eigenvalue weighted by Gasteiger charge is -2.30. The van der Waals surface area contributed by atoms with E-state index in [0.717, 1.165) is 25.7 Å². The summed E-state index contributed by atoms with van der Waals surface area (Å²) in [7, 11) is 0. The van der Waals surface area contributed by atoms with E-state index in [9.17, 15) is 5.11 Å². The Hall–Kier alpha value is -0.160. The molecule has 0 heterocycles. The van der Waals surface area contributed by atoms with Crippen LogP contribution < -0.4 is 5.73 Å². The number of rotatable bonds is 3. The lowest BCUT2D eigenvalue weighted by molar-refractivity contribution is -0.315. The molecule has 0 amide bonds. The Labute approximate surface area is 91.7 Å². The van der Waals surface area contributed by atoms with Crippen LogP contribution in [0.4, 0.5) is 0 Å². The maximum atomic E-state index is 9.53. The second-order valence-electron chi connectivity index (χ2n) is 5.21. The van der Waals surface area contributed by atoms with Gasteiger partial charge in [-0.1, -0.05) is 0 Å². The van der Waals surface area contributed by atoms with E-state index < -0.39 is 6.48 Å². The summed E-state index contributed by atoms with van der Waals surface area (Å²) in [5, 5.41) is 9.53. The molecule has 0 saturated heterocycles. The van der Waals surface area contributed by atoms with Gasteiger partial charge in [0.2, 0.25) is 0 Å². The minimum absolute atomic E-state index is 0.0853. The fourth-order valence-corrected chi connectivity index (χ4v) is 1.72. The molecule has 1 aliphatic rings. The normalized spacial score (nSPS) is 30.2. The lowest BCUT2D eigenvalue weighted by Crippen LogP contribution is -2.36. The first-order chi connectivity index (χ1) is 6.87. The molecule has 0 spiro atoms. The van der Waals surface area contributed by atoms with Gasteiger partial charge in [-0.25, -0.2) is 0 Å². The highest BCUT2D eigenvalue weighted by Crippen LogP contribution is 2.22. The molecule has 4 heteroatoms. The van der Waals surface area contributed by atoms with Crippen molar-refractivity contribution in [2.45, 2.75) is 70.7 Å². The van der Waals surface area contributed by atoms with Crippen LogP contribution in [0.15, 0.2) is 0 Å². The van der Waals surface area contributed by atoms with Crippen molar-refractivity contribution in [2.75, 3.05) is 0 Å². The number of aliphatic hydroxyl groups excluding tert-OH is 1. The van der Waals surface area contributed by atoms with Gasteiger partial charge >= 0.3 is 0 Å². The summed E-state index contributed by atoms with van der Waals surface area (Å²) in [5.41, 5.74) is 5.40. The second-order valence-corrected chi connectivity index (χ2v) is 5.21. The molecule has 1 saturated carbocycles. The number of hydrogen-bond donors (Lipinski definition) is 2. The molecular formula is C11H23NO3. The molecule has 4 nitrogen and oxygen atoms in total. The van der Waals surface area contributed by atoms with E-state index in [1.807, 2.05) is 20.8 Å². The molecule has 90 valence electrons. The van der Waals surface area contributed by atoms with Gasteiger partial charge in [0.1, 0.15) is 0 Å². The minimum atomic E-state index is -1.12. The Morgan fingerprint density at radius 3 is 2.20 bits per heavy atom. The highest BCUT2D eigenvalue weighted by molar-refractivity contribution is 4.74. The van der Waals surface area contributed by atoms with Gasteiger partial charge in [-0.2, -0.15) is 0 Å². The van der Waals surface area contributed by atoms with Crippen LogP contribution in [0.3, 0.4) is 0 Å². The molecule has 3 N–H and O–H groups in total. The average molecular weight is 217 g/mol. The van der Waals surface area contributed by atoms with Crippen LogP contribution in [0.2, 0.25) is 0 Å². The maximum absolute atomic E-state index is 9.53. The van der Waals surface area contributed by atoms with E-state index in [-0.39, 0.29) is 11.7 Å². The zero-order valence-electron chi connectivity index (χ0n) is 9.90. The Morgan fingerprint density at radius 2 is 1.73 bits per heavy atom. The van der Waals surface area contributed by atoms with Crippen molar-refractivity contribution in [2.24, 2.45) is 5.73 Å². The van der Waals surface area contributed by atoms with Crippen LogP contribution >= 0.6 is 0 Å². The van der Waals surface area contributed by atoms with Crippen LogP contribution in [0, 0.1) is 0 Å². The number of ether oxygens (including phenoxy) is 2. The van der Waals surface area contributed by atoms with Gasteiger partial charge in [0.05, 0.1) is 11.7 Å². The smallest absolute Gasteiger partial charge is 0.269 e. The third kappa shape index (κ3) is 5.47. The van der Waals surface area contributed by atoms with Crippen molar-refractivity contribution in [3.8, 4) is 0 Å². The summed E-state index contributed by atoms with van der Waals surface area (Å²) in [6, 6.07) is 0.297. The van der Waals surface area contributed by atoms with Gasteiger partial charge in [0.15, 0.2) is 0 Å². The summed E-state index contributed by atoms with van der Waals surface area (Å²) in [6.07, 6.45) is 3.83. The second kappa shape index (κ2) is 5.25. The van der Waals surface area contributed by atoms with E-state index in [1.54, 1.807) is 0 Å². The lowest BCUT2D eigenvalue weighted by atomic mass is 9.94. The van der Waals surface area contributed by atoms with Gasteiger partial charge in [0.25, 0.3) is 6.48 Å². The van der Waals surface area contributed by atoms with Crippen molar-refractivity contribution in [3.05, 3.63) is 0 Å². The molecule has 0 aromatic rings. The third-order valence-electron chi connectivity index (χ3n) is 2.48. The molecule has 1 atom stereocenters. The third-order valence-corrected chi connectivity index (χ3v) is 2.48. The Morgan fingerprint density at radius 1 is 1.20 bits per heavy atom. The number of hydrogen-bond acceptors (Lipinski definition) is 4. The maximum Gasteiger partial charge on any atom is 0.269 e. The van der Waals surface area contributed by atoms with Crippen molar-refractivity contribution in [1.29, 1.82) is 0 Å². The van der Waals surface area contributed by atoms with Gasteiger partial charge in [0, 0.05) is 6.04 Å². The number of nitrogens with two attached hydrogens (primary N) is 1. The first kappa shape index (κ1) is 12.9. The zero-order chi connectivity index (χ0) is 11.5. The number of aliphatic hydroxyl groups is 1. The highest BCUT2D eigenvalue weighted by atomic mass is 16.8. The first-order valence-electron chi connectivity index (χ1n) is 5.64. The van der Waals surface area contributed by atoms with E-state index in [4.69, 9.17) is 15.2 Å². The molecule has 1 unspecified atom stereocenters. The van der Waals surface area contributed by atoms with E-state index in [1.165, 1.54) is 0 Å². The Balaban J connectivity index is 2.23. The van der Waals surface area contributed by atoms with Crippen LogP contribution in [0.25, 0.3) is 0 Å². The summed E-state index contributed by atoms with van der Waals surface area (Å²) in [6.45, 7) is 4.53. The van der Waals surface area contributed by atoms with Gasteiger partial charge < -0.3 is 20.3 Å². The van der Waals surface area contributed by atoms with Crippen molar-refractivity contribution < 1.29 is 14.6 Å². The largest absolute Gasteiger partial charge is 0.346 e. The summed E-state index contributed by atoms with van der Waals surface area (Å²) in [5.74, 6) is 0. The quantitative estimate of drug-likeness (QED) is 0.701. The SMILES string of the molecule is CC(C)(C)OC(O)OC1CCC(N)CC1. The molecular weight excluding hydrogens is 194 g/mol. The molecule has 1 aliphatic carbocycles. The molecule has 0 bridgehead atoms. The van der Waals surface area contributed by atoms with Crippen molar-refractivity contribution >= 4 is 0 Å². The van der Waals surface area contributed by atoms with Gasteiger partial charge in [-0.3, -0.25) is 0 Å². The fraction of sp³-hybridized carbons (Fsp3) is 1.00. The molecule has 1 rings (SSSR count). The van der Waals surface area contributed by atoms with Crippen LogP contribution in [-0.4, -0.2) is 29.3 Å². The summed E-state index contributed by atoms with van der Waals surface area (Å²) < 4.78 is 10.7. The monoisotopic (exact) mass is 217 g/mol. The van der Waals surface area contributed by atoms with Crippen molar-refractivity contribution in [3.63, 3.8) is 0 Å². The summed E-state index contributed by atoms with van der Waals surface area (Å²) in [4.78, 5) is 0. The van der Waals surface area contributed by atoms with Crippen molar-refractivity contribution in [1.82, 2.24) is 0 Å². The average Bonchev–Trinajstić information content (AvgIpc) is 2.05. The van der Waals surface area contributed by atoms with Gasteiger partial charge in [-0.05, 0) is 46.5 Å². The predicted molar refractivity (Wildman–Crippen MR) is 58.2 cm³/mol. The summed E-state index contributed by atoms with van der Waals surface area (Å²) >= 11 is 0. The molecule has 0 aromatic carbocycles. The van der Waals surface area contributed by atoms with Crippen LogP contribution in [0.5, 0.6) is 0 Å². The van der Waals surface area contributed by atoms with Crippen LogP contribution in [-0.2, 0) is 9.47 Å². The minimum Gasteiger partial charge on any atom is -0.346 e. The molecule has 1 fully saturated rings. The van der Waals surface area contributed by atoms with E-state index in [2.05, 4.69) is 0 Å². The zero-order valence-corrected chi connectivity index (χ0v) is 9.90. The standard InChI is InChI=1S/C11H23NO3/c1-11(2,3)15-10(13)14-9-6-4-8(12)5-7-9/h8-10,13H,4-7,12H2,1-3H3. The predicted octanol–water partition coefficient (Wildman–Crippen LogP) is 1.36. The van der Waals surface area contributed by atoms with E-state index >= 15 is 0 Å². The van der Waals surface area contributed by atoms with E-state index in [0.29, 0.717) is 6.04 Å². The molecule has 0 aliphatic heterocycles. The molecule has 0 radical (unpaired) electrons. The first-order valence-corrected chi connectivity index (χ1v) is 5.64. The topological polar surface area (TPSA) is 64.7 Å². The van der Waals surface area contributed by atoms with Crippen LogP contribution in [0.1, 0.15) is 46.5 Å². The fourth-order valence-electron chi connectivity index (χ4n) is 1.72. The Kier molecular flexibility index (Phi) is 4.52. The molecule has 0 aromatic heterocycles.